The number of halogens is 3. The Balaban J connectivity index is 0.994. The van der Waals surface area contributed by atoms with Gasteiger partial charge in [0.15, 0.2) is 5.69 Å². The number of pyridine rings is 1. The summed E-state index contributed by atoms with van der Waals surface area (Å²) in [7, 11) is 0. The second kappa shape index (κ2) is 12.4. The van der Waals surface area contributed by atoms with Gasteiger partial charge in [-0.2, -0.15) is 13.2 Å². The molecule has 4 aromatic heterocycles. The van der Waals surface area contributed by atoms with Gasteiger partial charge in [-0.1, -0.05) is 6.08 Å². The molecule has 5 aromatic rings. The number of hydrogen-bond donors (Lipinski definition) is 1. The van der Waals surface area contributed by atoms with E-state index in [4.69, 9.17) is 4.74 Å². The number of carbonyl (C=O) groups excluding carboxylic acids is 1. The summed E-state index contributed by atoms with van der Waals surface area (Å²) in [4.78, 5) is 36.0. The zero-order valence-corrected chi connectivity index (χ0v) is 26.5. The van der Waals surface area contributed by atoms with Gasteiger partial charge in [-0.3, -0.25) is 14.7 Å². The van der Waals surface area contributed by atoms with E-state index in [0.29, 0.717) is 63.1 Å². The molecule has 0 unspecified atom stereocenters. The predicted octanol–water partition coefficient (Wildman–Crippen LogP) is 6.41. The number of fused-ring (bicyclic) bond motifs is 4. The molecule has 0 aliphatic carbocycles. The topological polar surface area (TPSA) is 101 Å². The van der Waals surface area contributed by atoms with Crippen molar-refractivity contribution in [2.45, 2.75) is 46.1 Å². The highest BCUT2D eigenvalue weighted by Gasteiger charge is 2.35. The number of aryl methyl sites for hydroxylation is 2. The third kappa shape index (κ3) is 6.56. The molecule has 0 atom stereocenters. The Morgan fingerprint density at radius 3 is 2.74 bits per heavy atom. The van der Waals surface area contributed by atoms with Gasteiger partial charge in [0.1, 0.15) is 34.3 Å². The van der Waals surface area contributed by atoms with Crippen LogP contribution in [0.1, 0.15) is 33.2 Å². The summed E-state index contributed by atoms with van der Waals surface area (Å²) in [6.45, 7) is 6.68. The third-order valence-corrected chi connectivity index (χ3v) is 9.42. The van der Waals surface area contributed by atoms with Crippen molar-refractivity contribution in [2.24, 2.45) is 0 Å². The average Bonchev–Trinajstić information content (AvgIpc) is 3.65. The summed E-state index contributed by atoms with van der Waals surface area (Å²) in [6, 6.07) is 9.67. The molecule has 0 saturated heterocycles. The summed E-state index contributed by atoms with van der Waals surface area (Å²) in [5.74, 6) is 2.41. The van der Waals surface area contributed by atoms with E-state index in [1.165, 1.54) is 0 Å². The van der Waals surface area contributed by atoms with Crippen molar-refractivity contribution in [1.29, 1.82) is 0 Å². The van der Waals surface area contributed by atoms with Crippen molar-refractivity contribution in [3.63, 3.8) is 0 Å². The van der Waals surface area contributed by atoms with E-state index >= 15 is 0 Å². The molecular weight excluding hydrogens is 629 g/mol. The van der Waals surface area contributed by atoms with Crippen molar-refractivity contribution in [1.82, 2.24) is 34.3 Å². The highest BCUT2D eigenvalue weighted by molar-refractivity contribution is 7.19. The van der Waals surface area contributed by atoms with E-state index in [0.717, 1.165) is 49.5 Å². The first-order valence-corrected chi connectivity index (χ1v) is 16.0. The van der Waals surface area contributed by atoms with E-state index < -0.39 is 11.9 Å². The summed E-state index contributed by atoms with van der Waals surface area (Å²) < 4.78 is 46.7. The minimum atomic E-state index is -4.46. The first kappa shape index (κ1) is 30.8. The van der Waals surface area contributed by atoms with E-state index in [-0.39, 0.29) is 5.91 Å². The van der Waals surface area contributed by atoms with Gasteiger partial charge in [-0.15, -0.1) is 11.3 Å². The number of nitrogens with one attached hydrogen (secondary N) is 1. The lowest BCUT2D eigenvalue weighted by Crippen LogP contribution is -2.35. The van der Waals surface area contributed by atoms with Crippen LogP contribution in [0.25, 0.3) is 10.2 Å². The lowest BCUT2D eigenvalue weighted by atomic mass is 10.0. The number of aromatic nitrogens is 5. The number of benzene rings is 1. The zero-order chi connectivity index (χ0) is 32.7. The number of hydrogen-bond acceptors (Lipinski definition) is 9. The Morgan fingerprint density at radius 2 is 1.96 bits per heavy atom. The van der Waals surface area contributed by atoms with Gasteiger partial charge >= 0.3 is 6.18 Å². The van der Waals surface area contributed by atoms with Crippen molar-refractivity contribution >= 4 is 39.0 Å². The van der Waals surface area contributed by atoms with Crippen LogP contribution in [-0.4, -0.2) is 59.8 Å². The second-order valence-electron chi connectivity index (χ2n) is 11.6. The molecule has 2 aliphatic rings. The standard InChI is InChI=1S/C33H31F3N8O2S/c1-20-14-22(6-8-25(20)46-23-7-5-21(2)37-15-23)40-31-30-24-9-11-44(16-26(24)47-32(30)39-19-38-31)29(45)4-3-10-42-12-13-43-17-27(33(34,35)36)41-28(43)18-42/h3-8,14-15,17,19H,9-13,16,18H2,1-2H3,(H,38,39,40)/b4-3+. The van der Waals surface area contributed by atoms with Crippen LogP contribution in [0.3, 0.4) is 0 Å². The van der Waals surface area contributed by atoms with Gasteiger partial charge in [-0.05, 0) is 61.7 Å². The molecule has 1 aromatic carbocycles. The van der Waals surface area contributed by atoms with Crippen LogP contribution in [0.5, 0.6) is 11.5 Å². The van der Waals surface area contributed by atoms with Crippen LogP contribution < -0.4 is 10.1 Å². The third-order valence-electron chi connectivity index (χ3n) is 8.29. The van der Waals surface area contributed by atoms with Crippen LogP contribution in [0.2, 0.25) is 0 Å². The maximum Gasteiger partial charge on any atom is 0.434 e. The summed E-state index contributed by atoms with van der Waals surface area (Å²) in [5, 5.41) is 4.43. The molecule has 14 heteroatoms. The molecular formula is C33H31F3N8O2S. The zero-order valence-electron chi connectivity index (χ0n) is 25.7. The fourth-order valence-electron chi connectivity index (χ4n) is 5.83. The molecule has 1 N–H and O–H groups in total. The smallest absolute Gasteiger partial charge is 0.434 e. The molecule has 1 amide bonds. The summed E-state index contributed by atoms with van der Waals surface area (Å²) >= 11 is 1.56. The first-order chi connectivity index (χ1) is 22.6. The monoisotopic (exact) mass is 660 g/mol. The normalized spacial score (nSPS) is 15.2. The van der Waals surface area contributed by atoms with Crippen LogP contribution in [0.15, 0.2) is 61.2 Å². The number of imidazole rings is 1. The number of carbonyl (C=O) groups is 1. The van der Waals surface area contributed by atoms with Crippen molar-refractivity contribution in [3.05, 3.63) is 94.4 Å². The Hall–Kier alpha value is -4.82. The van der Waals surface area contributed by atoms with Gasteiger partial charge in [0.2, 0.25) is 5.91 Å². The molecule has 0 radical (unpaired) electrons. The number of anilines is 2. The maximum atomic E-state index is 13.1. The van der Waals surface area contributed by atoms with Crippen molar-refractivity contribution in [3.8, 4) is 11.5 Å². The van der Waals surface area contributed by atoms with Crippen LogP contribution in [-0.2, 0) is 37.0 Å². The van der Waals surface area contributed by atoms with E-state index in [1.807, 2.05) is 49.1 Å². The maximum absolute atomic E-state index is 13.1. The van der Waals surface area contributed by atoms with E-state index in [2.05, 4.69) is 25.3 Å². The molecule has 2 aliphatic heterocycles. The minimum Gasteiger partial charge on any atom is -0.455 e. The summed E-state index contributed by atoms with van der Waals surface area (Å²) in [6.07, 6.45) is 3.85. The quantitative estimate of drug-likeness (QED) is 0.200. The number of ether oxygens (including phenoxy) is 1. The number of thiophene rings is 1. The highest BCUT2D eigenvalue weighted by atomic mass is 32.1. The number of nitrogens with zero attached hydrogens (tertiary/aromatic N) is 7. The molecule has 7 rings (SSSR count). The number of alkyl halides is 3. The van der Waals surface area contributed by atoms with Gasteiger partial charge in [-0.25, -0.2) is 15.0 Å². The molecule has 6 heterocycles. The van der Waals surface area contributed by atoms with Crippen LogP contribution in [0.4, 0.5) is 24.7 Å². The lowest BCUT2D eigenvalue weighted by Gasteiger charge is -2.27. The SMILES string of the molecule is Cc1ccc(Oc2ccc(Nc3ncnc4sc5c(c34)CCN(C(=O)/C=C/CN3CCn4cc(C(F)(F)F)nc4C3)C5)cc2C)cn1. The Labute approximate surface area is 272 Å². The molecule has 0 saturated carbocycles. The van der Waals surface area contributed by atoms with Gasteiger partial charge in [0.25, 0.3) is 0 Å². The average molecular weight is 661 g/mol. The highest BCUT2D eigenvalue weighted by Crippen LogP contribution is 2.39. The van der Waals surface area contributed by atoms with Crippen molar-refractivity contribution < 1.29 is 22.7 Å². The molecule has 0 fully saturated rings. The number of rotatable bonds is 7. The Kier molecular flexibility index (Phi) is 8.14. The van der Waals surface area contributed by atoms with Gasteiger partial charge < -0.3 is 19.5 Å². The lowest BCUT2D eigenvalue weighted by molar-refractivity contribution is -0.141. The second-order valence-corrected chi connectivity index (χ2v) is 12.7. The summed E-state index contributed by atoms with van der Waals surface area (Å²) in [5.41, 5.74) is 3.02. The van der Waals surface area contributed by atoms with Crippen LogP contribution in [0, 0.1) is 13.8 Å². The Bertz CT molecular complexity index is 1990. The van der Waals surface area contributed by atoms with E-state index in [1.54, 1.807) is 45.5 Å². The van der Waals surface area contributed by atoms with Crippen molar-refractivity contribution in [2.75, 3.05) is 25.0 Å². The molecule has 242 valence electrons. The molecule has 0 spiro atoms. The first-order valence-electron chi connectivity index (χ1n) is 15.1. The largest absolute Gasteiger partial charge is 0.455 e. The van der Waals surface area contributed by atoms with E-state index in [9.17, 15) is 18.0 Å². The predicted molar refractivity (Wildman–Crippen MR) is 172 cm³/mol. The number of amides is 1. The molecule has 47 heavy (non-hydrogen) atoms. The van der Waals surface area contributed by atoms with Crippen LogP contribution >= 0.6 is 11.3 Å². The van der Waals surface area contributed by atoms with Gasteiger partial charge in [0.05, 0.1) is 24.7 Å². The fraction of sp³-hybridized carbons (Fsp3) is 0.303. The minimum absolute atomic E-state index is 0.102. The Morgan fingerprint density at radius 1 is 1.09 bits per heavy atom. The van der Waals surface area contributed by atoms with Gasteiger partial charge in [0, 0.05) is 54.7 Å². The fourth-order valence-corrected chi connectivity index (χ4v) is 7.04. The molecule has 0 bridgehead atoms. The molecule has 10 nitrogen and oxygen atoms in total.